The number of aryl methyl sites for hydroxylation is 1. The van der Waals surface area contributed by atoms with Crippen molar-refractivity contribution in [3.63, 3.8) is 0 Å². The van der Waals surface area contributed by atoms with Gasteiger partial charge in [-0.25, -0.2) is 0 Å². The van der Waals surface area contributed by atoms with Crippen molar-refractivity contribution in [2.75, 3.05) is 25.5 Å². The topological polar surface area (TPSA) is 50.4 Å². The molecule has 1 amide bonds. The van der Waals surface area contributed by atoms with Crippen LogP contribution in [0.2, 0.25) is 0 Å². The van der Waals surface area contributed by atoms with Crippen molar-refractivity contribution in [3.8, 4) is 5.75 Å². The van der Waals surface area contributed by atoms with Crippen LogP contribution in [0.4, 0.5) is 5.69 Å². The van der Waals surface area contributed by atoms with Crippen molar-refractivity contribution < 1.29 is 9.53 Å². The minimum Gasteiger partial charge on any atom is -0.497 e. The SMILES string of the molecule is COc1ccc(CCNCCC(=O)Nc2ccc(Br)c(C)c2)cc1. The standard InChI is InChI=1S/C19H23BrN2O2/c1-14-13-16(5-8-18(14)20)22-19(23)10-12-21-11-9-15-3-6-17(24-2)7-4-15/h3-8,13,21H,9-12H2,1-2H3,(H,22,23). The van der Waals surface area contributed by atoms with E-state index in [1.807, 2.05) is 37.3 Å². The molecule has 5 heteroatoms. The predicted octanol–water partition coefficient (Wildman–Crippen LogP) is 3.93. The largest absolute Gasteiger partial charge is 0.497 e. The van der Waals surface area contributed by atoms with Crippen LogP contribution in [0.1, 0.15) is 17.5 Å². The molecular formula is C19H23BrN2O2. The van der Waals surface area contributed by atoms with E-state index in [0.717, 1.165) is 34.4 Å². The lowest BCUT2D eigenvalue weighted by molar-refractivity contribution is -0.116. The minimum atomic E-state index is 0.0219. The molecule has 2 N–H and O–H groups in total. The molecule has 0 fully saturated rings. The van der Waals surface area contributed by atoms with Crippen molar-refractivity contribution in [2.24, 2.45) is 0 Å². The number of rotatable bonds is 8. The van der Waals surface area contributed by atoms with Gasteiger partial charge in [-0.05, 0) is 61.3 Å². The predicted molar refractivity (Wildman–Crippen MR) is 102 cm³/mol. The highest BCUT2D eigenvalue weighted by atomic mass is 79.9. The zero-order valence-corrected chi connectivity index (χ0v) is 15.7. The molecule has 0 heterocycles. The number of anilines is 1. The maximum absolute atomic E-state index is 11.9. The van der Waals surface area contributed by atoms with Crippen molar-refractivity contribution in [1.29, 1.82) is 0 Å². The summed E-state index contributed by atoms with van der Waals surface area (Å²) in [6.07, 6.45) is 1.38. The molecule has 4 nitrogen and oxygen atoms in total. The van der Waals surface area contributed by atoms with Crippen LogP contribution < -0.4 is 15.4 Å². The summed E-state index contributed by atoms with van der Waals surface area (Å²) in [7, 11) is 1.66. The lowest BCUT2D eigenvalue weighted by Crippen LogP contribution is -2.23. The van der Waals surface area contributed by atoms with Crippen LogP contribution in [-0.2, 0) is 11.2 Å². The number of carbonyl (C=O) groups excluding carboxylic acids is 1. The third-order valence-corrected chi connectivity index (χ3v) is 4.61. The van der Waals surface area contributed by atoms with Crippen molar-refractivity contribution in [1.82, 2.24) is 5.32 Å². The summed E-state index contributed by atoms with van der Waals surface area (Å²) in [4.78, 5) is 11.9. The van der Waals surface area contributed by atoms with Gasteiger partial charge in [0.05, 0.1) is 7.11 Å². The Hall–Kier alpha value is -1.85. The van der Waals surface area contributed by atoms with E-state index in [2.05, 4.69) is 38.7 Å². The Labute approximate surface area is 151 Å². The number of nitrogens with one attached hydrogen (secondary N) is 2. The molecule has 0 bridgehead atoms. The Morgan fingerprint density at radius 2 is 1.88 bits per heavy atom. The molecule has 2 aromatic carbocycles. The molecule has 0 aliphatic heterocycles. The molecule has 0 unspecified atom stereocenters. The summed E-state index contributed by atoms with van der Waals surface area (Å²) >= 11 is 3.45. The van der Waals surface area contributed by atoms with E-state index in [1.165, 1.54) is 5.56 Å². The van der Waals surface area contributed by atoms with E-state index in [4.69, 9.17) is 4.74 Å². The monoisotopic (exact) mass is 390 g/mol. The van der Waals surface area contributed by atoms with Crippen LogP contribution in [-0.4, -0.2) is 26.1 Å². The molecule has 0 saturated heterocycles. The first kappa shape index (κ1) is 18.5. The first-order valence-corrected chi connectivity index (χ1v) is 8.77. The number of ether oxygens (including phenoxy) is 1. The summed E-state index contributed by atoms with van der Waals surface area (Å²) < 4.78 is 6.18. The van der Waals surface area contributed by atoms with Gasteiger partial charge in [0.2, 0.25) is 5.91 Å². The fourth-order valence-electron chi connectivity index (χ4n) is 2.30. The van der Waals surface area contributed by atoms with Crippen LogP contribution >= 0.6 is 15.9 Å². The van der Waals surface area contributed by atoms with Gasteiger partial charge in [-0.2, -0.15) is 0 Å². The highest BCUT2D eigenvalue weighted by Gasteiger charge is 2.03. The Balaban J connectivity index is 1.64. The maximum Gasteiger partial charge on any atom is 0.225 e. The van der Waals surface area contributed by atoms with Crippen LogP contribution in [0.3, 0.4) is 0 Å². The Kier molecular flexibility index (Phi) is 7.28. The molecule has 0 aliphatic carbocycles. The first-order chi connectivity index (χ1) is 11.6. The zero-order chi connectivity index (χ0) is 17.4. The number of amides is 1. The average Bonchev–Trinajstić information content (AvgIpc) is 2.58. The van der Waals surface area contributed by atoms with Gasteiger partial charge in [-0.15, -0.1) is 0 Å². The van der Waals surface area contributed by atoms with E-state index in [1.54, 1.807) is 7.11 Å². The Bertz CT molecular complexity index is 672. The Morgan fingerprint density at radius 1 is 1.12 bits per heavy atom. The molecule has 0 radical (unpaired) electrons. The lowest BCUT2D eigenvalue weighted by Gasteiger charge is -2.08. The number of methoxy groups -OCH3 is 1. The highest BCUT2D eigenvalue weighted by molar-refractivity contribution is 9.10. The second kappa shape index (κ2) is 9.45. The molecular weight excluding hydrogens is 368 g/mol. The van der Waals surface area contributed by atoms with E-state index in [9.17, 15) is 4.79 Å². The number of carbonyl (C=O) groups is 1. The van der Waals surface area contributed by atoms with E-state index >= 15 is 0 Å². The van der Waals surface area contributed by atoms with E-state index in [-0.39, 0.29) is 5.91 Å². The average molecular weight is 391 g/mol. The van der Waals surface area contributed by atoms with Gasteiger partial charge in [0.15, 0.2) is 0 Å². The normalized spacial score (nSPS) is 10.5. The van der Waals surface area contributed by atoms with Gasteiger partial charge in [0.25, 0.3) is 0 Å². The molecule has 2 aromatic rings. The van der Waals surface area contributed by atoms with Gasteiger partial charge in [-0.3, -0.25) is 4.79 Å². The summed E-state index contributed by atoms with van der Waals surface area (Å²) in [5, 5.41) is 6.22. The van der Waals surface area contributed by atoms with Crippen molar-refractivity contribution in [2.45, 2.75) is 19.8 Å². The number of hydrogen-bond acceptors (Lipinski definition) is 3. The molecule has 0 aromatic heterocycles. The molecule has 0 atom stereocenters. The van der Waals surface area contributed by atoms with Gasteiger partial charge >= 0.3 is 0 Å². The van der Waals surface area contributed by atoms with Crippen molar-refractivity contribution in [3.05, 3.63) is 58.1 Å². The quantitative estimate of drug-likeness (QED) is 0.671. The van der Waals surface area contributed by atoms with Crippen LogP contribution in [0.5, 0.6) is 5.75 Å². The molecule has 2 rings (SSSR count). The second-order valence-electron chi connectivity index (χ2n) is 5.61. The smallest absolute Gasteiger partial charge is 0.225 e. The maximum atomic E-state index is 11.9. The van der Waals surface area contributed by atoms with Crippen LogP contribution in [0.25, 0.3) is 0 Å². The van der Waals surface area contributed by atoms with Gasteiger partial charge in [0.1, 0.15) is 5.75 Å². The number of halogens is 1. The lowest BCUT2D eigenvalue weighted by atomic mass is 10.1. The van der Waals surface area contributed by atoms with Gasteiger partial charge < -0.3 is 15.4 Å². The molecule has 128 valence electrons. The first-order valence-electron chi connectivity index (χ1n) is 7.98. The van der Waals surface area contributed by atoms with Crippen LogP contribution in [0.15, 0.2) is 46.9 Å². The van der Waals surface area contributed by atoms with Crippen LogP contribution in [0, 0.1) is 6.92 Å². The van der Waals surface area contributed by atoms with Gasteiger partial charge in [0, 0.05) is 23.1 Å². The van der Waals surface area contributed by atoms with Crippen molar-refractivity contribution >= 4 is 27.5 Å². The summed E-state index contributed by atoms with van der Waals surface area (Å²) in [6, 6.07) is 13.8. The molecule has 0 aliphatic rings. The van der Waals surface area contributed by atoms with Gasteiger partial charge in [-0.1, -0.05) is 28.1 Å². The highest BCUT2D eigenvalue weighted by Crippen LogP contribution is 2.20. The summed E-state index contributed by atoms with van der Waals surface area (Å²) in [5.41, 5.74) is 3.18. The zero-order valence-electron chi connectivity index (χ0n) is 14.1. The Morgan fingerprint density at radius 3 is 2.54 bits per heavy atom. The number of benzene rings is 2. The molecule has 0 saturated carbocycles. The van der Waals surface area contributed by atoms with E-state index < -0.39 is 0 Å². The number of hydrogen-bond donors (Lipinski definition) is 2. The third kappa shape index (κ3) is 5.98. The molecule has 24 heavy (non-hydrogen) atoms. The summed E-state index contributed by atoms with van der Waals surface area (Å²) in [6.45, 7) is 3.51. The minimum absolute atomic E-state index is 0.0219. The fourth-order valence-corrected chi connectivity index (χ4v) is 2.54. The third-order valence-electron chi connectivity index (χ3n) is 3.72. The second-order valence-corrected chi connectivity index (χ2v) is 6.46. The van der Waals surface area contributed by atoms with E-state index in [0.29, 0.717) is 13.0 Å². The molecule has 0 spiro atoms. The summed E-state index contributed by atoms with van der Waals surface area (Å²) in [5.74, 6) is 0.889. The fraction of sp³-hybridized carbons (Fsp3) is 0.316.